The summed E-state index contributed by atoms with van der Waals surface area (Å²) < 4.78 is 32.0. The molecule has 7 nitrogen and oxygen atoms in total. The Morgan fingerprint density at radius 3 is 2.75 bits per heavy atom. The number of hydrogen-bond acceptors (Lipinski definition) is 5. The largest absolute Gasteiger partial charge is 0.481 e. The fraction of sp³-hybridized carbons (Fsp3) is 0.421. The van der Waals surface area contributed by atoms with Crippen LogP contribution in [-0.4, -0.2) is 40.8 Å². The lowest BCUT2D eigenvalue weighted by Gasteiger charge is -2.41. The smallest absolute Gasteiger partial charge is 0.308 e. The van der Waals surface area contributed by atoms with Crippen molar-refractivity contribution >= 4 is 11.9 Å². The summed E-state index contributed by atoms with van der Waals surface area (Å²) in [4.78, 5) is 24.2. The number of nitrogens with zero attached hydrogens (tertiary/aromatic N) is 1. The number of carbonyl (C=O) groups excluding carboxylic acids is 1. The van der Waals surface area contributed by atoms with Crippen molar-refractivity contribution < 1.29 is 28.0 Å². The maximum absolute atomic E-state index is 13.9. The highest BCUT2D eigenvalue weighted by Crippen LogP contribution is 2.31. The maximum atomic E-state index is 13.9. The minimum absolute atomic E-state index is 0.00858. The lowest BCUT2D eigenvalue weighted by Crippen LogP contribution is -2.57. The van der Waals surface area contributed by atoms with Crippen LogP contribution in [0.3, 0.4) is 0 Å². The van der Waals surface area contributed by atoms with E-state index in [4.69, 9.17) is 4.52 Å². The third-order valence-electron chi connectivity index (χ3n) is 5.10. The van der Waals surface area contributed by atoms with Gasteiger partial charge in [-0.05, 0) is 44.9 Å². The Hall–Kier alpha value is -2.81. The van der Waals surface area contributed by atoms with Gasteiger partial charge in [-0.15, -0.1) is 0 Å². The third-order valence-corrected chi connectivity index (χ3v) is 5.10. The zero-order valence-electron chi connectivity index (χ0n) is 15.5. The lowest BCUT2D eigenvalue weighted by molar-refractivity contribution is -0.145. The van der Waals surface area contributed by atoms with Gasteiger partial charge in [-0.25, -0.2) is 8.78 Å². The van der Waals surface area contributed by atoms with Crippen molar-refractivity contribution in [3.05, 3.63) is 41.6 Å². The number of halogens is 2. The van der Waals surface area contributed by atoms with Gasteiger partial charge in [0.2, 0.25) is 0 Å². The molecule has 150 valence electrons. The van der Waals surface area contributed by atoms with Crippen molar-refractivity contribution in [1.29, 1.82) is 0 Å². The average Bonchev–Trinajstić information content (AvgIpc) is 3.11. The average molecular weight is 393 g/mol. The second-order valence-electron chi connectivity index (χ2n) is 7.42. The molecule has 0 radical (unpaired) electrons. The van der Waals surface area contributed by atoms with Crippen molar-refractivity contribution in [3.63, 3.8) is 0 Å². The number of carboxylic acid groups (broad SMARTS) is 1. The van der Waals surface area contributed by atoms with Gasteiger partial charge in [-0.1, -0.05) is 5.16 Å². The first-order valence-electron chi connectivity index (χ1n) is 8.87. The van der Waals surface area contributed by atoms with Gasteiger partial charge < -0.3 is 20.3 Å². The molecule has 1 fully saturated rings. The Kier molecular flexibility index (Phi) is 5.46. The summed E-state index contributed by atoms with van der Waals surface area (Å²) >= 11 is 0. The monoisotopic (exact) mass is 393 g/mol. The summed E-state index contributed by atoms with van der Waals surface area (Å²) in [5, 5.41) is 19.0. The molecule has 1 aromatic heterocycles. The molecule has 1 amide bonds. The summed E-state index contributed by atoms with van der Waals surface area (Å²) in [6.07, 6.45) is 0.592. The van der Waals surface area contributed by atoms with Crippen molar-refractivity contribution in [2.24, 2.45) is 11.8 Å². The number of aliphatic carboxylic acids is 1. The molecule has 0 unspecified atom stereocenters. The van der Waals surface area contributed by atoms with Crippen LogP contribution < -0.4 is 10.6 Å². The van der Waals surface area contributed by atoms with Gasteiger partial charge in [0, 0.05) is 24.2 Å². The number of carboxylic acids is 1. The topological polar surface area (TPSA) is 104 Å². The zero-order valence-corrected chi connectivity index (χ0v) is 15.5. The van der Waals surface area contributed by atoms with E-state index in [1.807, 2.05) is 0 Å². The molecule has 28 heavy (non-hydrogen) atoms. The van der Waals surface area contributed by atoms with E-state index in [1.165, 1.54) is 12.1 Å². The summed E-state index contributed by atoms with van der Waals surface area (Å²) in [5.41, 5.74) is -0.910. The summed E-state index contributed by atoms with van der Waals surface area (Å²) in [7, 11) is 0. The molecule has 2 heterocycles. The van der Waals surface area contributed by atoms with Crippen molar-refractivity contribution in [2.45, 2.75) is 25.8 Å². The molecule has 1 aliphatic heterocycles. The Labute approximate surface area is 160 Å². The minimum Gasteiger partial charge on any atom is -0.481 e. The number of hydrogen-bond donors (Lipinski definition) is 3. The van der Waals surface area contributed by atoms with Crippen LogP contribution in [0.4, 0.5) is 8.78 Å². The fourth-order valence-corrected chi connectivity index (χ4v) is 3.63. The van der Waals surface area contributed by atoms with Gasteiger partial charge in [-0.2, -0.15) is 0 Å². The van der Waals surface area contributed by atoms with Crippen molar-refractivity contribution in [2.75, 3.05) is 13.1 Å². The molecule has 2 atom stereocenters. The summed E-state index contributed by atoms with van der Waals surface area (Å²) in [5.74, 6) is -3.97. The quantitative estimate of drug-likeness (QED) is 0.721. The van der Waals surface area contributed by atoms with E-state index >= 15 is 0 Å². The Bertz CT molecular complexity index is 897. The van der Waals surface area contributed by atoms with Gasteiger partial charge in [0.25, 0.3) is 5.91 Å². The van der Waals surface area contributed by atoms with E-state index in [0.717, 1.165) is 6.07 Å². The highest BCUT2D eigenvalue weighted by molar-refractivity contribution is 5.93. The van der Waals surface area contributed by atoms with Crippen molar-refractivity contribution in [1.82, 2.24) is 15.8 Å². The molecular weight excluding hydrogens is 372 g/mol. The Morgan fingerprint density at radius 1 is 1.32 bits per heavy atom. The molecule has 0 aliphatic carbocycles. The van der Waals surface area contributed by atoms with Crippen molar-refractivity contribution in [3.8, 4) is 11.3 Å². The number of rotatable bonds is 5. The highest BCUT2D eigenvalue weighted by Gasteiger charge is 2.42. The van der Waals surface area contributed by atoms with Crippen LogP contribution in [0.1, 0.15) is 30.8 Å². The predicted octanol–water partition coefficient (Wildman–Crippen LogP) is 2.44. The van der Waals surface area contributed by atoms with Gasteiger partial charge >= 0.3 is 5.97 Å². The van der Waals surface area contributed by atoms with Gasteiger partial charge in [-0.3, -0.25) is 9.59 Å². The Balaban J connectivity index is 1.77. The van der Waals surface area contributed by atoms with Crippen LogP contribution in [0.15, 0.2) is 28.8 Å². The van der Waals surface area contributed by atoms with Crippen LogP contribution in [-0.2, 0) is 4.79 Å². The third kappa shape index (κ3) is 4.04. The van der Waals surface area contributed by atoms with E-state index in [1.54, 1.807) is 13.8 Å². The molecule has 1 aromatic carbocycles. The fourth-order valence-electron chi connectivity index (χ4n) is 3.63. The number of piperidine rings is 1. The van der Waals surface area contributed by atoms with Gasteiger partial charge in [0.1, 0.15) is 11.6 Å². The van der Waals surface area contributed by atoms with E-state index < -0.39 is 35.0 Å². The van der Waals surface area contributed by atoms with E-state index in [2.05, 4.69) is 15.8 Å². The summed E-state index contributed by atoms with van der Waals surface area (Å²) in [6, 6.07) is 4.25. The lowest BCUT2D eigenvalue weighted by atomic mass is 9.74. The second-order valence-corrected chi connectivity index (χ2v) is 7.42. The van der Waals surface area contributed by atoms with Crippen LogP contribution in [0.5, 0.6) is 0 Å². The molecule has 3 rings (SSSR count). The SMILES string of the molecule is CC(C)(NC(=O)c1cc(-c2ccc(F)cc2F)on1)[C@H]1CCNC[C@H]1C(=O)O. The van der Waals surface area contributed by atoms with E-state index in [-0.39, 0.29) is 22.9 Å². The van der Waals surface area contributed by atoms with Gasteiger partial charge in [0.15, 0.2) is 11.5 Å². The zero-order chi connectivity index (χ0) is 20.5. The molecule has 0 saturated carbocycles. The molecule has 0 spiro atoms. The van der Waals surface area contributed by atoms with Crippen LogP contribution in [0.2, 0.25) is 0 Å². The number of nitrogens with one attached hydrogen (secondary N) is 2. The number of benzene rings is 1. The summed E-state index contributed by atoms with van der Waals surface area (Å²) in [6.45, 7) is 4.51. The predicted molar refractivity (Wildman–Crippen MR) is 95.5 cm³/mol. The molecule has 9 heteroatoms. The van der Waals surface area contributed by atoms with Crippen LogP contribution >= 0.6 is 0 Å². The Morgan fingerprint density at radius 2 is 2.07 bits per heavy atom. The molecule has 2 aromatic rings. The van der Waals surface area contributed by atoms with Gasteiger partial charge in [0.05, 0.1) is 11.5 Å². The number of amides is 1. The van der Waals surface area contributed by atoms with E-state index in [0.29, 0.717) is 25.6 Å². The first kappa shape index (κ1) is 19.9. The highest BCUT2D eigenvalue weighted by atomic mass is 19.1. The maximum Gasteiger partial charge on any atom is 0.308 e. The van der Waals surface area contributed by atoms with Crippen LogP contribution in [0, 0.1) is 23.5 Å². The first-order chi connectivity index (χ1) is 13.2. The second kappa shape index (κ2) is 7.67. The molecule has 3 N–H and O–H groups in total. The molecular formula is C19H21F2N3O4. The van der Waals surface area contributed by atoms with E-state index in [9.17, 15) is 23.5 Å². The normalized spacial score (nSPS) is 20.0. The molecule has 1 aliphatic rings. The molecule has 0 bridgehead atoms. The first-order valence-corrected chi connectivity index (χ1v) is 8.87. The van der Waals surface area contributed by atoms with Crippen LogP contribution in [0.25, 0.3) is 11.3 Å². The standard InChI is InChI=1S/C19H21F2N3O4/c1-19(2,13-5-6-22-9-12(13)18(26)27)23-17(25)15-8-16(28-24-15)11-4-3-10(20)7-14(11)21/h3-4,7-8,12-13,22H,5-6,9H2,1-2H3,(H,23,25)(H,26,27)/t12-,13+/m1/s1. The number of aromatic nitrogens is 1. The number of carbonyl (C=O) groups is 2. The molecule has 1 saturated heterocycles. The minimum atomic E-state index is -0.921.